The van der Waals surface area contributed by atoms with Crippen molar-refractivity contribution < 1.29 is 4.79 Å². The molecule has 0 saturated heterocycles. The number of nitrogens with two attached hydrogens (primary N) is 1. The first-order valence-corrected chi connectivity index (χ1v) is 8.87. The van der Waals surface area contributed by atoms with Gasteiger partial charge in [0, 0.05) is 19.4 Å². The first-order valence-electron chi connectivity index (χ1n) is 6.38. The number of hydrogen-bond acceptors (Lipinski definition) is 4. The minimum atomic E-state index is -0.120. The van der Waals surface area contributed by atoms with E-state index in [9.17, 15) is 4.79 Å². The molecule has 3 nitrogen and oxygen atoms in total. The van der Waals surface area contributed by atoms with Crippen LogP contribution in [0.15, 0.2) is 40.2 Å². The molecule has 0 radical (unpaired) electrons. The lowest BCUT2D eigenvalue weighted by atomic mass is 10.2. The molecule has 108 valence electrons. The highest BCUT2D eigenvalue weighted by Gasteiger charge is 2.19. The molecular formula is C15H13BrN2OS2. The Morgan fingerprint density at radius 1 is 1.38 bits per heavy atom. The van der Waals surface area contributed by atoms with E-state index in [1.165, 1.54) is 11.3 Å². The van der Waals surface area contributed by atoms with Gasteiger partial charge in [0.05, 0.1) is 11.7 Å². The second-order valence-electron chi connectivity index (χ2n) is 4.70. The maximum Gasteiger partial charge on any atom is 0.264 e. The maximum atomic E-state index is 12.4. The zero-order valence-electron chi connectivity index (χ0n) is 11.2. The van der Waals surface area contributed by atoms with E-state index in [1.807, 2.05) is 42.6 Å². The highest BCUT2D eigenvalue weighted by atomic mass is 79.9. The zero-order chi connectivity index (χ0) is 15.0. The average Bonchev–Trinajstić information content (AvgIpc) is 3.08. The smallest absolute Gasteiger partial charge is 0.264 e. The molecule has 1 amide bonds. The van der Waals surface area contributed by atoms with Crippen molar-refractivity contribution >= 4 is 60.3 Å². The highest BCUT2D eigenvalue weighted by Crippen LogP contribution is 2.35. The molecule has 21 heavy (non-hydrogen) atoms. The van der Waals surface area contributed by atoms with Crippen LogP contribution in [-0.4, -0.2) is 5.91 Å². The van der Waals surface area contributed by atoms with Crippen molar-refractivity contribution in [3.63, 3.8) is 0 Å². The summed E-state index contributed by atoms with van der Waals surface area (Å²) in [5.41, 5.74) is 6.68. The molecule has 1 unspecified atom stereocenters. The van der Waals surface area contributed by atoms with Gasteiger partial charge in [0.15, 0.2) is 0 Å². The van der Waals surface area contributed by atoms with E-state index in [2.05, 4.69) is 21.2 Å². The van der Waals surface area contributed by atoms with Crippen molar-refractivity contribution in [3.8, 4) is 0 Å². The van der Waals surface area contributed by atoms with E-state index in [-0.39, 0.29) is 11.9 Å². The van der Waals surface area contributed by atoms with Gasteiger partial charge in [0.25, 0.3) is 5.91 Å². The molecule has 3 aromatic rings. The van der Waals surface area contributed by atoms with Gasteiger partial charge in [-0.25, -0.2) is 0 Å². The van der Waals surface area contributed by atoms with Gasteiger partial charge in [-0.3, -0.25) is 4.79 Å². The molecule has 0 saturated carbocycles. The van der Waals surface area contributed by atoms with Crippen LogP contribution in [0.3, 0.4) is 0 Å². The topological polar surface area (TPSA) is 55.1 Å². The van der Waals surface area contributed by atoms with Crippen LogP contribution >= 0.6 is 38.6 Å². The fraction of sp³-hybridized carbons (Fsp3) is 0.133. The number of halogens is 1. The third kappa shape index (κ3) is 2.84. The van der Waals surface area contributed by atoms with Crippen LogP contribution in [0.5, 0.6) is 0 Å². The third-order valence-corrected chi connectivity index (χ3v) is 5.95. The van der Waals surface area contributed by atoms with Crippen LogP contribution < -0.4 is 11.1 Å². The van der Waals surface area contributed by atoms with E-state index >= 15 is 0 Å². The van der Waals surface area contributed by atoms with Crippen LogP contribution in [0.2, 0.25) is 0 Å². The maximum absolute atomic E-state index is 12.4. The lowest BCUT2D eigenvalue weighted by molar-refractivity contribution is 0.0945. The molecule has 3 rings (SSSR count). The van der Waals surface area contributed by atoms with Crippen LogP contribution in [0, 0.1) is 0 Å². The fourth-order valence-electron chi connectivity index (χ4n) is 2.13. The molecule has 1 atom stereocenters. The molecule has 6 heteroatoms. The minimum absolute atomic E-state index is 0.0196. The number of carbonyl (C=O) groups is 1. The van der Waals surface area contributed by atoms with Gasteiger partial charge >= 0.3 is 0 Å². The standard InChI is InChI=1S/C15H13BrN2OS2/c1-8(11-3-2-6-20-11)18-15(19)14-13(17)10-7-9(16)4-5-12(10)21-14/h2-8H,17H2,1H3,(H,18,19). The number of benzene rings is 1. The van der Waals surface area contributed by atoms with Crippen LogP contribution in [0.25, 0.3) is 10.1 Å². The molecule has 0 spiro atoms. The summed E-state index contributed by atoms with van der Waals surface area (Å²) in [6, 6.07) is 9.85. The zero-order valence-corrected chi connectivity index (χ0v) is 14.4. The van der Waals surface area contributed by atoms with Crippen LogP contribution in [-0.2, 0) is 0 Å². The largest absolute Gasteiger partial charge is 0.397 e. The van der Waals surface area contributed by atoms with E-state index in [4.69, 9.17) is 5.73 Å². The first kappa shape index (κ1) is 14.6. The van der Waals surface area contributed by atoms with Crippen LogP contribution in [0.4, 0.5) is 5.69 Å². The molecule has 1 aromatic carbocycles. The number of nitrogen functional groups attached to an aromatic ring is 1. The number of hydrogen-bond donors (Lipinski definition) is 2. The summed E-state index contributed by atoms with van der Waals surface area (Å²) in [7, 11) is 0. The summed E-state index contributed by atoms with van der Waals surface area (Å²) < 4.78 is 1.98. The van der Waals surface area contributed by atoms with Gasteiger partial charge in [0.2, 0.25) is 0 Å². The first-order chi connectivity index (χ1) is 10.1. The summed E-state index contributed by atoms with van der Waals surface area (Å²) in [6.45, 7) is 1.98. The fourth-order valence-corrected chi connectivity index (χ4v) is 4.23. The van der Waals surface area contributed by atoms with Crippen molar-refractivity contribution in [2.75, 3.05) is 5.73 Å². The van der Waals surface area contributed by atoms with Gasteiger partial charge in [0.1, 0.15) is 4.88 Å². The van der Waals surface area contributed by atoms with Crippen molar-refractivity contribution in [1.82, 2.24) is 5.32 Å². The summed E-state index contributed by atoms with van der Waals surface area (Å²) in [5, 5.41) is 5.93. The number of rotatable bonds is 3. The van der Waals surface area contributed by atoms with E-state index in [0.29, 0.717) is 10.6 Å². The Balaban J connectivity index is 1.89. The van der Waals surface area contributed by atoms with Crippen molar-refractivity contribution in [2.45, 2.75) is 13.0 Å². The Morgan fingerprint density at radius 2 is 2.19 bits per heavy atom. The van der Waals surface area contributed by atoms with E-state index in [0.717, 1.165) is 19.4 Å². The molecule has 2 aromatic heterocycles. The molecule has 0 aliphatic carbocycles. The Bertz CT molecular complexity index is 795. The number of thiophene rings is 2. The molecule has 2 heterocycles. The van der Waals surface area contributed by atoms with Crippen molar-refractivity contribution in [3.05, 3.63) is 49.9 Å². The van der Waals surface area contributed by atoms with Gasteiger partial charge in [-0.1, -0.05) is 22.0 Å². The minimum Gasteiger partial charge on any atom is -0.397 e. The van der Waals surface area contributed by atoms with E-state index < -0.39 is 0 Å². The normalized spacial score (nSPS) is 12.5. The third-order valence-electron chi connectivity index (χ3n) is 3.21. The SMILES string of the molecule is CC(NC(=O)c1sc2ccc(Br)cc2c1N)c1cccs1. The predicted octanol–water partition coefficient (Wildman–Crippen LogP) is 4.80. The summed E-state index contributed by atoms with van der Waals surface area (Å²) >= 11 is 6.49. The monoisotopic (exact) mass is 380 g/mol. The number of anilines is 1. The molecule has 0 aliphatic heterocycles. The average molecular weight is 381 g/mol. The highest BCUT2D eigenvalue weighted by molar-refractivity contribution is 9.10. The van der Waals surface area contributed by atoms with Gasteiger partial charge in [-0.15, -0.1) is 22.7 Å². The summed E-state index contributed by atoms with van der Waals surface area (Å²) in [6.07, 6.45) is 0. The Labute approximate surface area is 138 Å². The summed E-state index contributed by atoms with van der Waals surface area (Å²) in [4.78, 5) is 14.1. The predicted molar refractivity (Wildman–Crippen MR) is 94.1 cm³/mol. The van der Waals surface area contributed by atoms with E-state index in [1.54, 1.807) is 11.3 Å². The van der Waals surface area contributed by atoms with Crippen molar-refractivity contribution in [2.24, 2.45) is 0 Å². The van der Waals surface area contributed by atoms with Gasteiger partial charge < -0.3 is 11.1 Å². The molecule has 3 N–H and O–H groups in total. The van der Waals surface area contributed by atoms with Crippen LogP contribution in [0.1, 0.15) is 27.5 Å². The number of fused-ring (bicyclic) bond motifs is 1. The lowest BCUT2D eigenvalue weighted by Crippen LogP contribution is -2.25. The molecule has 0 bridgehead atoms. The van der Waals surface area contributed by atoms with Gasteiger partial charge in [-0.05, 0) is 36.6 Å². The Kier molecular flexibility index (Phi) is 4.01. The molecular weight excluding hydrogens is 368 g/mol. The quantitative estimate of drug-likeness (QED) is 0.685. The summed E-state index contributed by atoms with van der Waals surface area (Å²) in [5.74, 6) is -0.120. The second-order valence-corrected chi connectivity index (χ2v) is 7.64. The van der Waals surface area contributed by atoms with Gasteiger partial charge in [-0.2, -0.15) is 0 Å². The number of nitrogens with one attached hydrogen (secondary N) is 1. The molecule has 0 aliphatic rings. The Hall–Kier alpha value is -1.37. The van der Waals surface area contributed by atoms with Crippen molar-refractivity contribution in [1.29, 1.82) is 0 Å². The lowest BCUT2D eigenvalue weighted by Gasteiger charge is -2.11. The Morgan fingerprint density at radius 3 is 2.90 bits per heavy atom. The number of carbonyl (C=O) groups excluding carboxylic acids is 1. The second kappa shape index (κ2) is 5.79. The number of amides is 1. The molecule has 0 fully saturated rings.